The van der Waals surface area contributed by atoms with Crippen LogP contribution in [0.4, 0.5) is 23.2 Å². The van der Waals surface area contributed by atoms with E-state index in [1.165, 1.54) is 6.20 Å². The Morgan fingerprint density at radius 3 is 2.72 bits per heavy atom. The maximum Gasteiger partial charge on any atom is 0.416 e. The molecule has 1 atom stereocenters. The van der Waals surface area contributed by atoms with Gasteiger partial charge in [0.1, 0.15) is 10.8 Å². The Morgan fingerprint density at radius 1 is 1.38 bits per heavy atom. The number of alkyl halides is 3. The van der Waals surface area contributed by atoms with Crippen LogP contribution in [0.2, 0.25) is 5.02 Å². The zero-order valence-corrected chi connectivity index (χ0v) is 18.1. The summed E-state index contributed by atoms with van der Waals surface area (Å²) in [6.07, 6.45) is -2.93. The normalized spacial score (nSPS) is 18.6. The van der Waals surface area contributed by atoms with Crippen molar-refractivity contribution in [3.8, 4) is 0 Å². The molecule has 0 amide bonds. The molecule has 3 rings (SSSR count). The van der Waals surface area contributed by atoms with E-state index in [1.807, 2.05) is 0 Å². The van der Waals surface area contributed by atoms with Crippen molar-refractivity contribution in [3.05, 3.63) is 68.0 Å². The van der Waals surface area contributed by atoms with Gasteiger partial charge in [-0.3, -0.25) is 14.8 Å². The van der Waals surface area contributed by atoms with E-state index >= 15 is 0 Å². The summed E-state index contributed by atoms with van der Waals surface area (Å²) in [6, 6.07) is 2.59. The Bertz CT molecular complexity index is 1160. The highest BCUT2D eigenvalue weighted by molar-refractivity contribution is 6.33. The van der Waals surface area contributed by atoms with Gasteiger partial charge in [0.2, 0.25) is 0 Å². The van der Waals surface area contributed by atoms with Crippen molar-refractivity contribution in [2.24, 2.45) is 9.98 Å². The quantitative estimate of drug-likeness (QED) is 0.524. The molecule has 2 aromatic rings. The molecule has 32 heavy (non-hydrogen) atoms. The first kappa shape index (κ1) is 23.6. The monoisotopic (exact) mass is 469 g/mol. The van der Waals surface area contributed by atoms with Gasteiger partial charge in [-0.1, -0.05) is 24.6 Å². The van der Waals surface area contributed by atoms with Crippen molar-refractivity contribution in [1.82, 2.24) is 10.2 Å². The Balaban J connectivity index is 2.02. The molecule has 1 saturated heterocycles. The number of aromatic nitrogens is 2. The molecule has 1 aliphatic rings. The number of rotatable bonds is 4. The molecule has 0 unspecified atom stereocenters. The fourth-order valence-electron chi connectivity index (χ4n) is 3.82. The fourth-order valence-corrected chi connectivity index (χ4v) is 4.03. The molecule has 11 heteroatoms. The number of piperidine rings is 1. The van der Waals surface area contributed by atoms with Gasteiger partial charge in [0, 0.05) is 19.5 Å². The first-order valence-electron chi connectivity index (χ1n) is 9.59. The highest BCUT2D eigenvalue weighted by Gasteiger charge is 2.36. The van der Waals surface area contributed by atoms with Crippen LogP contribution < -0.4 is 10.5 Å². The second kappa shape index (κ2) is 9.23. The standard InChI is InChI=1S/C21H20ClF4N5O/c1-11(13-5-4-12(23)8-15(13)21(24,25)26)19(28-3)14-6-7-31(10-16(14)27-2)17-9-29-30-20(32)18(17)22/h4-5,8-9,11H,3,6-7,10H2,1-2H3,(H,30,32)/b19-14-,27-16?/t11-/m1/s1. The van der Waals surface area contributed by atoms with E-state index < -0.39 is 29.0 Å². The van der Waals surface area contributed by atoms with Crippen LogP contribution in [0.3, 0.4) is 0 Å². The van der Waals surface area contributed by atoms with Crippen LogP contribution in [0.5, 0.6) is 0 Å². The average molecular weight is 470 g/mol. The number of aromatic amines is 1. The first-order chi connectivity index (χ1) is 15.1. The van der Waals surface area contributed by atoms with Crippen LogP contribution in [-0.2, 0) is 6.18 Å². The largest absolute Gasteiger partial charge is 0.416 e. The number of benzene rings is 1. The summed E-state index contributed by atoms with van der Waals surface area (Å²) in [6.45, 7) is 5.77. The Hall–Kier alpha value is -3.01. The summed E-state index contributed by atoms with van der Waals surface area (Å²) >= 11 is 6.10. The number of nitrogens with one attached hydrogen (secondary N) is 1. The number of halogens is 5. The molecule has 170 valence electrons. The van der Waals surface area contributed by atoms with Gasteiger partial charge in [0.15, 0.2) is 0 Å². The molecule has 0 saturated carbocycles. The van der Waals surface area contributed by atoms with E-state index in [0.29, 0.717) is 41.7 Å². The van der Waals surface area contributed by atoms with E-state index in [-0.39, 0.29) is 17.1 Å². The van der Waals surface area contributed by atoms with E-state index in [9.17, 15) is 22.4 Å². The molecule has 2 heterocycles. The number of aliphatic imine (C=N–C) groups is 2. The van der Waals surface area contributed by atoms with Crippen molar-refractivity contribution >= 4 is 29.7 Å². The second-order valence-electron chi connectivity index (χ2n) is 7.21. The van der Waals surface area contributed by atoms with E-state index in [1.54, 1.807) is 18.9 Å². The lowest BCUT2D eigenvalue weighted by Crippen LogP contribution is -2.39. The lowest BCUT2D eigenvalue weighted by molar-refractivity contribution is -0.138. The van der Waals surface area contributed by atoms with Gasteiger partial charge in [0.05, 0.1) is 35.4 Å². The van der Waals surface area contributed by atoms with E-state index in [4.69, 9.17) is 11.6 Å². The molecule has 1 fully saturated rings. The number of H-pyrrole nitrogens is 1. The zero-order valence-electron chi connectivity index (χ0n) is 17.3. The van der Waals surface area contributed by atoms with Gasteiger partial charge < -0.3 is 4.90 Å². The summed E-state index contributed by atoms with van der Waals surface area (Å²) < 4.78 is 54.2. The third-order valence-corrected chi connectivity index (χ3v) is 5.75. The van der Waals surface area contributed by atoms with Crippen LogP contribution in [-0.4, -0.2) is 42.8 Å². The van der Waals surface area contributed by atoms with Gasteiger partial charge in [0.25, 0.3) is 5.56 Å². The van der Waals surface area contributed by atoms with Crippen LogP contribution in [0.1, 0.15) is 30.4 Å². The Morgan fingerprint density at radius 2 is 2.09 bits per heavy atom. The van der Waals surface area contributed by atoms with E-state index in [0.717, 1.165) is 12.1 Å². The van der Waals surface area contributed by atoms with Crippen molar-refractivity contribution in [2.45, 2.75) is 25.4 Å². The summed E-state index contributed by atoms with van der Waals surface area (Å²) in [5.41, 5.74) is 0.287. The molecule has 1 aliphatic heterocycles. The topological polar surface area (TPSA) is 73.7 Å². The van der Waals surface area contributed by atoms with E-state index in [2.05, 4.69) is 26.9 Å². The Kier molecular flexibility index (Phi) is 6.82. The SMILES string of the molecule is C=N/C(=C1/CCN(c2cn[nH]c(=O)c2Cl)CC1=NC)[C@H](C)c1ccc(F)cc1C(F)(F)F. The summed E-state index contributed by atoms with van der Waals surface area (Å²) in [5.74, 6) is -1.78. The average Bonchev–Trinajstić information content (AvgIpc) is 2.75. The first-order valence-corrected chi connectivity index (χ1v) is 9.96. The molecular weight excluding hydrogens is 450 g/mol. The second-order valence-corrected chi connectivity index (χ2v) is 7.59. The van der Waals surface area contributed by atoms with Crippen LogP contribution in [0.15, 0.2) is 50.4 Å². The number of hydrogen-bond acceptors (Lipinski definition) is 5. The van der Waals surface area contributed by atoms with Crippen molar-refractivity contribution < 1.29 is 17.6 Å². The maximum atomic E-state index is 13.5. The fraction of sp³-hybridized carbons (Fsp3) is 0.333. The minimum atomic E-state index is -4.72. The predicted molar refractivity (Wildman–Crippen MR) is 116 cm³/mol. The van der Waals surface area contributed by atoms with Gasteiger partial charge in [-0.25, -0.2) is 9.49 Å². The smallest absolute Gasteiger partial charge is 0.363 e. The zero-order chi connectivity index (χ0) is 23.6. The highest BCUT2D eigenvalue weighted by Crippen LogP contribution is 2.40. The van der Waals surface area contributed by atoms with Crippen LogP contribution in [0, 0.1) is 5.82 Å². The molecule has 1 aromatic carbocycles. The molecule has 1 aromatic heterocycles. The molecule has 0 aliphatic carbocycles. The number of allylic oxidation sites excluding steroid dienone is 1. The highest BCUT2D eigenvalue weighted by atomic mass is 35.5. The van der Waals surface area contributed by atoms with Crippen molar-refractivity contribution in [1.29, 1.82) is 0 Å². The lowest BCUT2D eigenvalue weighted by atomic mass is 9.87. The Labute approximate surface area is 186 Å². The lowest BCUT2D eigenvalue weighted by Gasteiger charge is -2.33. The molecule has 0 spiro atoms. The molecule has 6 nitrogen and oxygen atoms in total. The summed E-state index contributed by atoms with van der Waals surface area (Å²) in [7, 11) is 1.56. The third-order valence-electron chi connectivity index (χ3n) is 5.39. The molecule has 0 bridgehead atoms. The number of anilines is 1. The molecule has 1 N–H and O–H groups in total. The van der Waals surface area contributed by atoms with Crippen LogP contribution in [0.25, 0.3) is 0 Å². The summed E-state index contributed by atoms with van der Waals surface area (Å²) in [5, 5.41) is 6.00. The minimum absolute atomic E-state index is 0.0144. The maximum absolute atomic E-state index is 13.5. The minimum Gasteiger partial charge on any atom is -0.363 e. The molecule has 0 radical (unpaired) electrons. The number of hydrogen-bond donors (Lipinski definition) is 1. The molecular formula is C21H20ClF4N5O. The van der Waals surface area contributed by atoms with Crippen molar-refractivity contribution in [2.75, 3.05) is 25.0 Å². The van der Waals surface area contributed by atoms with Gasteiger partial charge in [-0.15, -0.1) is 0 Å². The predicted octanol–water partition coefficient (Wildman–Crippen LogP) is 4.62. The van der Waals surface area contributed by atoms with Gasteiger partial charge >= 0.3 is 6.18 Å². The third kappa shape index (κ3) is 4.59. The number of nitrogens with zero attached hydrogens (tertiary/aromatic N) is 4. The van der Waals surface area contributed by atoms with Crippen molar-refractivity contribution in [3.63, 3.8) is 0 Å². The van der Waals surface area contributed by atoms with Crippen LogP contribution >= 0.6 is 11.6 Å². The van der Waals surface area contributed by atoms with Gasteiger partial charge in [-0.05, 0) is 36.4 Å². The summed E-state index contributed by atoms with van der Waals surface area (Å²) in [4.78, 5) is 21.9. The van der Waals surface area contributed by atoms with Gasteiger partial charge in [-0.2, -0.15) is 18.3 Å².